The minimum absolute atomic E-state index is 0.00447. The van der Waals surface area contributed by atoms with E-state index < -0.39 is 5.41 Å². The van der Waals surface area contributed by atoms with Crippen LogP contribution in [0, 0.1) is 11.2 Å². The van der Waals surface area contributed by atoms with Crippen LogP contribution in [-0.2, 0) is 16.8 Å². The molecule has 1 aliphatic carbocycles. The highest BCUT2D eigenvalue weighted by atomic mass is 32.1. The summed E-state index contributed by atoms with van der Waals surface area (Å²) in [5, 5.41) is 6.14. The van der Waals surface area contributed by atoms with Crippen LogP contribution >= 0.6 is 11.3 Å². The van der Waals surface area contributed by atoms with Crippen LogP contribution in [0.5, 0.6) is 0 Å². The molecule has 6 heteroatoms. The first-order valence-electron chi connectivity index (χ1n) is 9.16. The summed E-state index contributed by atoms with van der Waals surface area (Å²) < 4.78 is 13.3. The number of anilines is 1. The topological polar surface area (TPSA) is 45.2 Å². The molecular weight excluding hydrogens is 349 g/mol. The van der Waals surface area contributed by atoms with Crippen LogP contribution in [0.3, 0.4) is 0 Å². The monoisotopic (exact) mass is 373 g/mol. The van der Waals surface area contributed by atoms with Gasteiger partial charge in [-0.25, -0.2) is 9.37 Å². The quantitative estimate of drug-likeness (QED) is 0.865. The number of rotatable bonds is 5. The van der Waals surface area contributed by atoms with E-state index in [9.17, 15) is 9.18 Å². The van der Waals surface area contributed by atoms with Crippen LogP contribution in [0.4, 0.5) is 9.52 Å². The largest absolute Gasteiger partial charge is 0.350 e. The number of thiazole rings is 1. The van der Waals surface area contributed by atoms with Crippen molar-refractivity contribution in [2.24, 2.45) is 5.41 Å². The normalized spacial score (nSPS) is 23.9. The molecule has 1 saturated heterocycles. The van der Waals surface area contributed by atoms with Gasteiger partial charge in [0.1, 0.15) is 5.82 Å². The van der Waals surface area contributed by atoms with E-state index in [0.29, 0.717) is 6.54 Å². The minimum Gasteiger partial charge on any atom is -0.350 e. The van der Waals surface area contributed by atoms with Crippen molar-refractivity contribution in [2.45, 2.75) is 45.1 Å². The summed E-state index contributed by atoms with van der Waals surface area (Å²) in [6.45, 7) is 6.75. The molecule has 1 atom stereocenters. The number of hydrogen-bond acceptors (Lipinski definition) is 4. The number of hydrogen-bond donors (Lipinski definition) is 1. The Labute approximate surface area is 157 Å². The second-order valence-corrected chi connectivity index (χ2v) is 8.81. The van der Waals surface area contributed by atoms with Crippen molar-refractivity contribution >= 4 is 22.4 Å². The van der Waals surface area contributed by atoms with Gasteiger partial charge in [0.25, 0.3) is 0 Å². The number of carbonyl (C=O) groups excluding carboxylic acids is 1. The number of benzene rings is 1. The van der Waals surface area contributed by atoms with Gasteiger partial charge in [-0.2, -0.15) is 0 Å². The molecule has 1 aromatic heterocycles. The predicted octanol–water partition coefficient (Wildman–Crippen LogP) is 3.87. The molecule has 1 aliphatic heterocycles. The fourth-order valence-corrected chi connectivity index (χ4v) is 5.00. The van der Waals surface area contributed by atoms with E-state index in [1.807, 2.05) is 5.38 Å². The summed E-state index contributed by atoms with van der Waals surface area (Å²) in [4.78, 5) is 20.0. The second kappa shape index (κ2) is 6.34. The summed E-state index contributed by atoms with van der Waals surface area (Å²) in [7, 11) is 0. The molecule has 1 saturated carbocycles. The second-order valence-electron chi connectivity index (χ2n) is 7.97. The number of aromatic nitrogens is 1. The Balaban J connectivity index is 1.46. The Morgan fingerprint density at radius 3 is 2.54 bits per heavy atom. The molecule has 2 heterocycles. The maximum absolute atomic E-state index is 13.3. The minimum atomic E-state index is -0.575. The highest BCUT2D eigenvalue weighted by Crippen LogP contribution is 2.64. The average molecular weight is 373 g/mol. The smallest absolute Gasteiger partial charge is 0.231 e. The Kier molecular flexibility index (Phi) is 4.26. The molecule has 1 N–H and O–H groups in total. The molecule has 138 valence electrons. The van der Waals surface area contributed by atoms with Crippen LogP contribution in [0.1, 0.15) is 44.4 Å². The Morgan fingerprint density at radius 1 is 1.27 bits per heavy atom. The molecule has 1 aromatic carbocycles. The van der Waals surface area contributed by atoms with Crippen LogP contribution in [0.15, 0.2) is 29.6 Å². The first-order chi connectivity index (χ1) is 12.4. The van der Waals surface area contributed by atoms with Gasteiger partial charge in [0.15, 0.2) is 5.13 Å². The zero-order valence-corrected chi connectivity index (χ0v) is 16.0. The van der Waals surface area contributed by atoms with Crippen LogP contribution in [0.25, 0.3) is 0 Å². The predicted molar refractivity (Wildman–Crippen MR) is 102 cm³/mol. The van der Waals surface area contributed by atoms with Crippen molar-refractivity contribution in [1.29, 1.82) is 0 Å². The zero-order valence-electron chi connectivity index (χ0n) is 15.2. The molecule has 0 bridgehead atoms. The van der Waals surface area contributed by atoms with Gasteiger partial charge in [0.2, 0.25) is 5.91 Å². The SMILES string of the molecule is CC1(C)CC1(C(=O)NCc1csc(N2CCCC2)n1)c1ccc(F)cc1. The molecule has 2 aliphatic rings. The van der Waals surface area contributed by atoms with Crippen molar-refractivity contribution < 1.29 is 9.18 Å². The summed E-state index contributed by atoms with van der Waals surface area (Å²) in [6.07, 6.45) is 3.22. The van der Waals surface area contributed by atoms with E-state index in [0.717, 1.165) is 35.9 Å². The lowest BCUT2D eigenvalue weighted by Crippen LogP contribution is -2.37. The molecule has 2 fully saturated rings. The van der Waals surface area contributed by atoms with Gasteiger partial charge in [-0.05, 0) is 42.4 Å². The highest BCUT2D eigenvalue weighted by Gasteiger charge is 2.66. The molecular formula is C20H24FN3OS. The van der Waals surface area contributed by atoms with Crippen molar-refractivity contribution in [1.82, 2.24) is 10.3 Å². The molecule has 1 amide bonds. The standard InChI is InChI=1S/C20H24FN3OS/c1-19(2)13-20(19,14-5-7-15(21)8-6-14)17(25)22-11-16-12-26-18(23-16)24-9-3-4-10-24/h5-8,12H,3-4,9-11,13H2,1-2H3,(H,22,25). The number of nitrogens with zero attached hydrogens (tertiary/aromatic N) is 2. The van der Waals surface area contributed by atoms with Crippen molar-refractivity contribution in [2.75, 3.05) is 18.0 Å². The number of nitrogens with one attached hydrogen (secondary N) is 1. The van der Waals surface area contributed by atoms with Gasteiger partial charge in [-0.3, -0.25) is 4.79 Å². The van der Waals surface area contributed by atoms with Gasteiger partial charge < -0.3 is 10.2 Å². The summed E-state index contributed by atoms with van der Waals surface area (Å²) in [6, 6.07) is 6.33. The maximum Gasteiger partial charge on any atom is 0.231 e. The Hall–Kier alpha value is -1.95. The average Bonchev–Trinajstić information content (AvgIpc) is 3.06. The van der Waals surface area contributed by atoms with Gasteiger partial charge in [0, 0.05) is 18.5 Å². The maximum atomic E-state index is 13.3. The molecule has 26 heavy (non-hydrogen) atoms. The van der Waals surface area contributed by atoms with E-state index >= 15 is 0 Å². The van der Waals surface area contributed by atoms with Crippen LogP contribution in [-0.4, -0.2) is 24.0 Å². The van der Waals surface area contributed by atoms with E-state index in [1.54, 1.807) is 23.5 Å². The summed E-state index contributed by atoms with van der Waals surface area (Å²) in [5.41, 5.74) is 1.09. The lowest BCUT2D eigenvalue weighted by Gasteiger charge is -2.20. The Morgan fingerprint density at radius 2 is 1.92 bits per heavy atom. The van der Waals surface area contributed by atoms with Crippen molar-refractivity contribution in [3.05, 3.63) is 46.7 Å². The lowest BCUT2D eigenvalue weighted by atomic mass is 9.87. The zero-order chi connectivity index (χ0) is 18.4. The Bertz CT molecular complexity index is 811. The molecule has 1 unspecified atom stereocenters. The van der Waals surface area contributed by atoms with Gasteiger partial charge in [0.05, 0.1) is 17.7 Å². The van der Waals surface area contributed by atoms with Gasteiger partial charge >= 0.3 is 0 Å². The van der Waals surface area contributed by atoms with Crippen molar-refractivity contribution in [3.8, 4) is 0 Å². The first-order valence-corrected chi connectivity index (χ1v) is 10.0. The third-order valence-corrected chi connectivity index (χ3v) is 6.76. The van der Waals surface area contributed by atoms with Gasteiger partial charge in [-0.1, -0.05) is 26.0 Å². The van der Waals surface area contributed by atoms with E-state index in [2.05, 4.69) is 29.0 Å². The first kappa shape index (κ1) is 17.5. The summed E-state index contributed by atoms with van der Waals surface area (Å²) >= 11 is 1.64. The third-order valence-electron chi connectivity index (χ3n) is 5.81. The van der Waals surface area contributed by atoms with E-state index in [4.69, 9.17) is 0 Å². The summed E-state index contributed by atoms with van der Waals surface area (Å²) in [5.74, 6) is -0.274. The van der Waals surface area contributed by atoms with E-state index in [1.165, 1.54) is 25.0 Å². The number of halogens is 1. The fraction of sp³-hybridized carbons (Fsp3) is 0.500. The van der Waals surface area contributed by atoms with Crippen LogP contribution in [0.2, 0.25) is 0 Å². The molecule has 4 rings (SSSR count). The van der Waals surface area contributed by atoms with Crippen LogP contribution < -0.4 is 10.2 Å². The third kappa shape index (κ3) is 2.90. The molecule has 0 radical (unpaired) electrons. The number of carbonyl (C=O) groups is 1. The molecule has 4 nitrogen and oxygen atoms in total. The van der Waals surface area contributed by atoms with Gasteiger partial charge in [-0.15, -0.1) is 11.3 Å². The van der Waals surface area contributed by atoms with Crippen molar-refractivity contribution in [3.63, 3.8) is 0 Å². The number of amides is 1. The fourth-order valence-electron chi connectivity index (χ4n) is 4.12. The molecule has 0 spiro atoms. The van der Waals surface area contributed by atoms with E-state index in [-0.39, 0.29) is 17.1 Å². The lowest BCUT2D eigenvalue weighted by molar-refractivity contribution is -0.124. The highest BCUT2D eigenvalue weighted by molar-refractivity contribution is 7.13. The molecule has 2 aromatic rings.